The predicted octanol–water partition coefficient (Wildman–Crippen LogP) is 0.425. The van der Waals surface area contributed by atoms with Crippen LogP contribution in [0.3, 0.4) is 0 Å². The first-order valence-corrected chi connectivity index (χ1v) is 2.44. The first kappa shape index (κ1) is 5.94. The van der Waals surface area contributed by atoms with Crippen molar-refractivity contribution in [1.82, 2.24) is 4.98 Å². The molecule has 0 aliphatic rings. The quantitative estimate of drug-likeness (QED) is 0.532. The maximum absolute atomic E-state index is 9.72. The summed E-state index contributed by atoms with van der Waals surface area (Å²) in [5.41, 5.74) is 0. The van der Waals surface area contributed by atoms with Gasteiger partial charge in [0.1, 0.15) is 0 Å². The van der Waals surface area contributed by atoms with Crippen LogP contribution in [0.5, 0.6) is 5.75 Å². The fourth-order valence-corrected chi connectivity index (χ4v) is 0.472. The molecule has 3 nitrogen and oxygen atoms in total. The molecule has 1 heterocycles. The normalized spacial score (nSPS) is 8.00. The van der Waals surface area contributed by atoms with Gasteiger partial charge in [0.05, 0.1) is 0 Å². The van der Waals surface area contributed by atoms with Gasteiger partial charge in [0.25, 0.3) is 0 Å². The Balaban J connectivity index is 2.72. The first-order valence-electron chi connectivity index (χ1n) is 2.44. The second-order valence-electron chi connectivity index (χ2n) is 1.40. The van der Waals surface area contributed by atoms with Crippen molar-refractivity contribution in [2.45, 2.75) is 0 Å². The molecule has 0 N–H and O–H groups in total. The maximum atomic E-state index is 9.72. The zero-order valence-corrected chi connectivity index (χ0v) is 4.65. The molecule has 1 aromatic rings. The van der Waals surface area contributed by atoms with E-state index in [9.17, 15) is 4.70 Å². The topological polar surface area (TPSA) is 39.2 Å². The molecule has 0 unspecified atom stereocenters. The van der Waals surface area contributed by atoms with Crippen molar-refractivity contribution >= 4 is 7.35 Å². The van der Waals surface area contributed by atoms with Gasteiger partial charge in [-0.1, -0.05) is 0 Å². The van der Waals surface area contributed by atoms with Crippen LogP contribution in [0.1, 0.15) is 0 Å². The third kappa shape index (κ3) is 1.64. The Labute approximate surface area is 53.0 Å². The summed E-state index contributed by atoms with van der Waals surface area (Å²) >= 11 is 0. The Hall–Kier alpha value is -1.19. The van der Waals surface area contributed by atoms with E-state index < -0.39 is 0 Å². The second kappa shape index (κ2) is 2.97. The number of nitrogens with zero attached hydrogens (tertiary/aromatic N) is 1. The Bertz CT molecular complexity index is 189. The van der Waals surface area contributed by atoms with Crippen molar-refractivity contribution < 1.29 is 9.36 Å². The molecule has 9 heavy (non-hydrogen) atoms. The number of rotatable bonds is 2. The van der Waals surface area contributed by atoms with Crippen molar-refractivity contribution in [1.29, 1.82) is 0 Å². The van der Waals surface area contributed by atoms with Gasteiger partial charge in [-0.15, -0.1) is 0 Å². The van der Waals surface area contributed by atoms with Crippen molar-refractivity contribution in [3.05, 3.63) is 24.5 Å². The number of pyridine rings is 1. The van der Waals surface area contributed by atoms with Gasteiger partial charge in [-0.25, -0.2) is 0 Å². The van der Waals surface area contributed by atoms with Crippen LogP contribution in [0, 0.1) is 0 Å². The molecule has 4 heteroatoms. The molecule has 0 saturated heterocycles. The Morgan fingerprint density at radius 3 is 3.11 bits per heavy atom. The summed E-state index contributed by atoms with van der Waals surface area (Å²) in [6.07, 6.45) is 3.08. The van der Waals surface area contributed by atoms with Crippen LogP contribution in [0.4, 0.5) is 0 Å². The third-order valence-corrected chi connectivity index (χ3v) is 0.819. The average molecular weight is 121 g/mol. The molecule has 0 saturated carbocycles. The van der Waals surface area contributed by atoms with Gasteiger partial charge in [-0.2, -0.15) is 0 Å². The molecular formula is C5H4BNO2. The zero-order chi connectivity index (χ0) is 6.53. The van der Waals surface area contributed by atoms with Crippen LogP contribution >= 0.6 is 0 Å². The number of hydrogen-bond acceptors (Lipinski definition) is 3. The summed E-state index contributed by atoms with van der Waals surface area (Å²) in [6.45, 7) is 0. The minimum absolute atomic E-state index is 0.372. The monoisotopic (exact) mass is 121 g/mol. The predicted molar refractivity (Wildman–Crippen MR) is 31.3 cm³/mol. The minimum atomic E-state index is 0.372. The van der Waals surface area contributed by atoms with E-state index >= 15 is 0 Å². The summed E-state index contributed by atoms with van der Waals surface area (Å²) in [5, 5.41) is 0. The molecule has 1 aromatic heterocycles. The Kier molecular flexibility index (Phi) is 1.96. The van der Waals surface area contributed by atoms with E-state index in [0.717, 1.165) is 0 Å². The first-order chi connectivity index (χ1) is 4.43. The van der Waals surface area contributed by atoms with E-state index in [2.05, 4.69) is 9.64 Å². The summed E-state index contributed by atoms with van der Waals surface area (Å²) in [4.78, 5) is 3.72. The van der Waals surface area contributed by atoms with E-state index in [1.165, 1.54) is 6.20 Å². The molecule has 0 aliphatic heterocycles. The average Bonchev–Trinajstić information content (AvgIpc) is 1.91. The summed E-state index contributed by atoms with van der Waals surface area (Å²) in [7, 11) is 0.372. The van der Waals surface area contributed by atoms with Crippen LogP contribution in [0.25, 0.3) is 0 Å². The van der Waals surface area contributed by atoms with Gasteiger partial charge in [0, 0.05) is 0 Å². The fraction of sp³-hybridized carbons (Fsp3) is 0. The third-order valence-electron chi connectivity index (χ3n) is 0.819. The standard InChI is InChI=1S/C5H4BNO2/c8-6-9-5-2-1-3-7-4-5/h1-4H. The SMILES string of the molecule is O=BOc1cccnc1. The second-order valence-corrected chi connectivity index (χ2v) is 1.40. The van der Waals surface area contributed by atoms with Crippen molar-refractivity contribution in [2.75, 3.05) is 0 Å². The van der Waals surface area contributed by atoms with Crippen LogP contribution in [0.15, 0.2) is 24.5 Å². The van der Waals surface area contributed by atoms with Crippen molar-refractivity contribution in [2.24, 2.45) is 0 Å². The van der Waals surface area contributed by atoms with Gasteiger partial charge >= 0.3 is 52.0 Å². The molecular weight excluding hydrogens is 117 g/mol. The molecule has 0 atom stereocenters. The molecule has 0 fully saturated rings. The van der Waals surface area contributed by atoms with Crippen LogP contribution < -0.4 is 4.65 Å². The van der Waals surface area contributed by atoms with Crippen molar-refractivity contribution in [3.63, 3.8) is 0 Å². The number of aromatic nitrogens is 1. The summed E-state index contributed by atoms with van der Waals surface area (Å²) < 4.78 is 14.2. The van der Waals surface area contributed by atoms with E-state index in [1.807, 2.05) is 0 Å². The van der Waals surface area contributed by atoms with Crippen LogP contribution in [0.2, 0.25) is 0 Å². The van der Waals surface area contributed by atoms with Crippen molar-refractivity contribution in [3.8, 4) is 5.75 Å². The van der Waals surface area contributed by atoms with E-state index in [1.54, 1.807) is 18.3 Å². The van der Waals surface area contributed by atoms with E-state index in [-0.39, 0.29) is 0 Å². The summed E-state index contributed by atoms with van der Waals surface area (Å²) in [5.74, 6) is 0.465. The van der Waals surface area contributed by atoms with Crippen LogP contribution in [-0.2, 0) is 4.70 Å². The Morgan fingerprint density at radius 1 is 1.67 bits per heavy atom. The Morgan fingerprint density at radius 2 is 2.56 bits per heavy atom. The van der Waals surface area contributed by atoms with E-state index in [0.29, 0.717) is 13.1 Å². The van der Waals surface area contributed by atoms with Gasteiger partial charge in [-0.05, 0) is 0 Å². The zero-order valence-electron chi connectivity index (χ0n) is 4.65. The van der Waals surface area contributed by atoms with Gasteiger partial charge in [0.15, 0.2) is 0 Å². The molecule has 1 rings (SSSR count). The van der Waals surface area contributed by atoms with Gasteiger partial charge in [0.2, 0.25) is 0 Å². The molecule has 0 spiro atoms. The molecule has 0 aliphatic carbocycles. The van der Waals surface area contributed by atoms with Gasteiger partial charge in [-0.3, -0.25) is 0 Å². The summed E-state index contributed by atoms with van der Waals surface area (Å²) in [6, 6.07) is 3.35. The molecule has 0 bridgehead atoms. The fourth-order valence-electron chi connectivity index (χ4n) is 0.472. The van der Waals surface area contributed by atoms with Gasteiger partial charge < -0.3 is 0 Å². The molecule has 44 valence electrons. The van der Waals surface area contributed by atoms with Crippen LogP contribution in [-0.4, -0.2) is 12.3 Å². The number of hydrogen-bond donors (Lipinski definition) is 0. The molecule has 0 radical (unpaired) electrons. The molecule has 0 aromatic carbocycles. The molecule has 0 amide bonds. The van der Waals surface area contributed by atoms with E-state index in [4.69, 9.17) is 0 Å².